The van der Waals surface area contributed by atoms with E-state index >= 15 is 0 Å². The van der Waals surface area contributed by atoms with Crippen LogP contribution in [0.15, 0.2) is 36.0 Å². The van der Waals surface area contributed by atoms with Gasteiger partial charge in [-0.2, -0.15) is 0 Å². The van der Waals surface area contributed by atoms with Crippen molar-refractivity contribution < 1.29 is 19.1 Å². The second-order valence-electron chi connectivity index (χ2n) is 6.27. The van der Waals surface area contributed by atoms with Gasteiger partial charge in [0, 0.05) is 5.92 Å². The molecule has 0 fully saturated rings. The molecule has 2 aliphatic carbocycles. The zero-order chi connectivity index (χ0) is 16.5. The summed E-state index contributed by atoms with van der Waals surface area (Å²) in [4.78, 5) is 25.0. The topological polar surface area (TPSA) is 52.6 Å². The Balaban J connectivity index is 2.61. The van der Waals surface area contributed by atoms with Crippen LogP contribution in [0.3, 0.4) is 0 Å². The maximum atomic E-state index is 12.5. The first-order chi connectivity index (χ1) is 10.4. The van der Waals surface area contributed by atoms with Crippen molar-refractivity contribution in [2.75, 3.05) is 14.2 Å². The van der Waals surface area contributed by atoms with E-state index in [1.807, 2.05) is 0 Å². The molecular weight excluding hydrogens is 280 g/mol. The van der Waals surface area contributed by atoms with E-state index in [0.29, 0.717) is 0 Å². The van der Waals surface area contributed by atoms with E-state index in [0.717, 1.165) is 24.0 Å². The molecule has 0 saturated heterocycles. The van der Waals surface area contributed by atoms with Gasteiger partial charge in [-0.3, -0.25) is 9.59 Å². The van der Waals surface area contributed by atoms with Crippen molar-refractivity contribution in [2.45, 2.75) is 26.7 Å². The van der Waals surface area contributed by atoms with Crippen LogP contribution in [0, 0.1) is 23.2 Å². The molecule has 2 rings (SSSR count). The molecule has 2 atom stereocenters. The van der Waals surface area contributed by atoms with Crippen molar-refractivity contribution in [1.82, 2.24) is 0 Å². The van der Waals surface area contributed by atoms with E-state index in [-0.39, 0.29) is 17.8 Å². The number of ether oxygens (including phenoxy) is 2. The van der Waals surface area contributed by atoms with Crippen molar-refractivity contribution in [3.05, 3.63) is 36.0 Å². The molecule has 0 amide bonds. The standard InChI is InChI=1S/C18H24O4/c1-11(2)12(3)14-10-18(16(19)21-4,17(20)22-5)15-9-7-6-8-13(14)15/h6,8,10-11,13,15H,3,7,9H2,1-2,4-5H3/t13-,15-/m1/s1. The normalized spacial score (nSPS) is 25.4. The Morgan fingerprint density at radius 2 is 1.86 bits per heavy atom. The number of carbonyl (C=O) groups is 2. The molecule has 0 radical (unpaired) electrons. The molecule has 120 valence electrons. The Kier molecular flexibility index (Phi) is 4.59. The molecule has 0 spiro atoms. The average molecular weight is 304 g/mol. The SMILES string of the molecule is C=C(C1=CC(C(=O)OC)(C(=O)OC)[C@@H]2CCC=C[C@H]12)C(C)C. The van der Waals surface area contributed by atoms with Crippen LogP contribution >= 0.6 is 0 Å². The van der Waals surface area contributed by atoms with Crippen molar-refractivity contribution in [3.8, 4) is 0 Å². The zero-order valence-corrected chi connectivity index (χ0v) is 13.7. The summed E-state index contributed by atoms with van der Waals surface area (Å²) in [5, 5.41) is 0. The molecule has 0 bridgehead atoms. The van der Waals surface area contributed by atoms with E-state index in [4.69, 9.17) is 9.47 Å². The van der Waals surface area contributed by atoms with Gasteiger partial charge in [-0.1, -0.05) is 38.7 Å². The number of esters is 2. The number of hydrogen-bond acceptors (Lipinski definition) is 4. The number of hydrogen-bond donors (Lipinski definition) is 0. The molecule has 0 aromatic heterocycles. The van der Waals surface area contributed by atoms with Crippen molar-refractivity contribution in [2.24, 2.45) is 23.2 Å². The summed E-state index contributed by atoms with van der Waals surface area (Å²) in [7, 11) is 2.62. The van der Waals surface area contributed by atoms with Crippen LogP contribution in [0.2, 0.25) is 0 Å². The van der Waals surface area contributed by atoms with Gasteiger partial charge in [0.15, 0.2) is 5.41 Å². The summed E-state index contributed by atoms with van der Waals surface area (Å²) in [6.45, 7) is 8.27. The average Bonchev–Trinajstić information content (AvgIpc) is 2.89. The Hall–Kier alpha value is -1.84. The third kappa shape index (κ3) is 2.31. The Bertz CT molecular complexity index is 537. The summed E-state index contributed by atoms with van der Waals surface area (Å²) in [6.07, 6.45) is 7.52. The van der Waals surface area contributed by atoms with Gasteiger partial charge in [0.2, 0.25) is 0 Å². The third-order valence-electron chi connectivity index (χ3n) is 4.86. The third-order valence-corrected chi connectivity index (χ3v) is 4.86. The summed E-state index contributed by atoms with van der Waals surface area (Å²) >= 11 is 0. The molecule has 0 aliphatic heterocycles. The quantitative estimate of drug-likeness (QED) is 0.455. The molecule has 0 heterocycles. The first-order valence-electron chi connectivity index (χ1n) is 7.65. The zero-order valence-electron chi connectivity index (χ0n) is 13.7. The lowest BCUT2D eigenvalue weighted by atomic mass is 9.69. The van der Waals surface area contributed by atoms with Gasteiger partial charge in [0.25, 0.3) is 0 Å². The van der Waals surface area contributed by atoms with Crippen LogP contribution < -0.4 is 0 Å². The van der Waals surface area contributed by atoms with Crippen LogP contribution in [-0.2, 0) is 19.1 Å². The molecule has 0 saturated carbocycles. The van der Waals surface area contributed by atoms with Gasteiger partial charge >= 0.3 is 11.9 Å². The maximum absolute atomic E-state index is 12.5. The van der Waals surface area contributed by atoms with Gasteiger partial charge in [0.1, 0.15) is 0 Å². The van der Waals surface area contributed by atoms with Crippen molar-refractivity contribution in [1.29, 1.82) is 0 Å². The molecule has 4 heteroatoms. The molecule has 0 aromatic rings. The van der Waals surface area contributed by atoms with Crippen LogP contribution in [-0.4, -0.2) is 26.2 Å². The summed E-state index contributed by atoms with van der Waals surface area (Å²) in [5.74, 6) is -0.995. The highest BCUT2D eigenvalue weighted by molar-refractivity contribution is 6.04. The predicted molar refractivity (Wildman–Crippen MR) is 83.9 cm³/mol. The monoisotopic (exact) mass is 304 g/mol. The molecule has 0 N–H and O–H groups in total. The van der Waals surface area contributed by atoms with Crippen LogP contribution in [0.5, 0.6) is 0 Å². The molecule has 0 aromatic carbocycles. The molecule has 0 unspecified atom stereocenters. The minimum atomic E-state index is -1.36. The van der Waals surface area contributed by atoms with Gasteiger partial charge in [0.05, 0.1) is 14.2 Å². The number of carbonyl (C=O) groups excluding carboxylic acids is 2. The van der Waals surface area contributed by atoms with Gasteiger partial charge < -0.3 is 9.47 Å². The predicted octanol–water partition coefficient (Wildman–Crippen LogP) is 3.05. The molecule has 4 nitrogen and oxygen atoms in total. The van der Waals surface area contributed by atoms with E-state index in [9.17, 15) is 9.59 Å². The highest BCUT2D eigenvalue weighted by Gasteiger charge is 2.59. The van der Waals surface area contributed by atoms with Crippen molar-refractivity contribution >= 4 is 11.9 Å². The van der Waals surface area contributed by atoms with Crippen LogP contribution in [0.4, 0.5) is 0 Å². The lowest BCUT2D eigenvalue weighted by molar-refractivity contribution is -0.169. The molecular formula is C18H24O4. The Morgan fingerprint density at radius 3 is 2.36 bits per heavy atom. The van der Waals surface area contributed by atoms with Crippen LogP contribution in [0.25, 0.3) is 0 Å². The lowest BCUT2D eigenvalue weighted by Gasteiger charge is -2.33. The first-order valence-corrected chi connectivity index (χ1v) is 7.65. The number of allylic oxidation sites excluding steroid dienone is 4. The fourth-order valence-corrected chi connectivity index (χ4v) is 3.59. The number of methoxy groups -OCH3 is 2. The fraction of sp³-hybridized carbons (Fsp3) is 0.556. The van der Waals surface area contributed by atoms with Gasteiger partial charge in [-0.05, 0) is 35.8 Å². The second-order valence-corrected chi connectivity index (χ2v) is 6.27. The smallest absolute Gasteiger partial charge is 0.327 e. The highest BCUT2D eigenvalue weighted by atomic mass is 16.5. The lowest BCUT2D eigenvalue weighted by Crippen LogP contribution is -2.45. The molecule has 2 aliphatic rings. The van der Waals surface area contributed by atoms with E-state index in [2.05, 4.69) is 32.6 Å². The second kappa shape index (κ2) is 6.11. The van der Waals surface area contributed by atoms with Crippen molar-refractivity contribution in [3.63, 3.8) is 0 Å². The summed E-state index contributed by atoms with van der Waals surface area (Å²) < 4.78 is 9.92. The number of rotatable bonds is 4. The Labute approximate surface area is 131 Å². The largest absolute Gasteiger partial charge is 0.468 e. The van der Waals surface area contributed by atoms with Crippen LogP contribution in [0.1, 0.15) is 26.7 Å². The molecule has 22 heavy (non-hydrogen) atoms. The maximum Gasteiger partial charge on any atom is 0.327 e. The van der Waals surface area contributed by atoms with Gasteiger partial charge in [-0.15, -0.1) is 0 Å². The minimum Gasteiger partial charge on any atom is -0.468 e. The summed E-state index contributed by atoms with van der Waals surface area (Å²) in [6, 6.07) is 0. The van der Waals surface area contributed by atoms with E-state index < -0.39 is 17.4 Å². The number of fused-ring (bicyclic) bond motifs is 1. The van der Waals surface area contributed by atoms with E-state index in [1.165, 1.54) is 14.2 Å². The minimum absolute atomic E-state index is 0.0156. The van der Waals surface area contributed by atoms with Gasteiger partial charge in [-0.25, -0.2) is 0 Å². The summed E-state index contributed by atoms with van der Waals surface area (Å²) in [5.41, 5.74) is 0.564. The fourth-order valence-electron chi connectivity index (χ4n) is 3.59. The van der Waals surface area contributed by atoms with E-state index in [1.54, 1.807) is 6.08 Å². The Morgan fingerprint density at radius 1 is 1.27 bits per heavy atom. The highest BCUT2D eigenvalue weighted by Crippen LogP contribution is 2.53. The first kappa shape index (κ1) is 16.5.